The van der Waals surface area contributed by atoms with Crippen molar-refractivity contribution < 1.29 is 14.4 Å². The van der Waals surface area contributed by atoms with Crippen molar-refractivity contribution in [2.75, 3.05) is 14.1 Å². The maximum absolute atomic E-state index is 10.6. The average Bonchev–Trinajstić information content (AvgIpc) is 1.82. The van der Waals surface area contributed by atoms with Crippen LogP contribution in [0, 0.1) is 0 Å². The summed E-state index contributed by atoms with van der Waals surface area (Å²) in [4.78, 5) is 25.2. The van der Waals surface area contributed by atoms with Crippen molar-refractivity contribution in [3.8, 4) is 0 Å². The van der Waals surface area contributed by atoms with Gasteiger partial charge in [0, 0.05) is 26.2 Å². The third-order valence-corrected chi connectivity index (χ3v) is 0.656. The Labute approximate surface area is 64.4 Å². The van der Waals surface area contributed by atoms with Gasteiger partial charge in [0.15, 0.2) is 0 Å². The number of rotatable bonds is 3. The lowest BCUT2D eigenvalue weighted by molar-refractivity contribution is -0.171. The van der Waals surface area contributed by atoms with E-state index in [-0.39, 0.29) is 0 Å². The molecule has 0 atom stereocenters. The number of primary amides is 1. The molecule has 0 aliphatic heterocycles. The second-order valence-corrected chi connectivity index (χ2v) is 1.96. The molecule has 0 unspecified atom stereocenters. The van der Waals surface area contributed by atoms with Gasteiger partial charge in [-0.05, 0) is 0 Å². The molecule has 0 radical (unpaired) electrons. The third kappa shape index (κ3) is 6.53. The highest BCUT2D eigenvalue weighted by Crippen LogP contribution is 1.82. The van der Waals surface area contributed by atoms with Crippen LogP contribution in [0.3, 0.4) is 0 Å². The van der Waals surface area contributed by atoms with Gasteiger partial charge in [-0.25, -0.2) is 4.79 Å². The first-order chi connectivity index (χ1) is 5.02. The molecule has 2 N–H and O–H groups in total. The smallest absolute Gasteiger partial charge is 0.349 e. The molecule has 5 heteroatoms. The van der Waals surface area contributed by atoms with E-state index in [1.54, 1.807) is 14.1 Å². The summed E-state index contributed by atoms with van der Waals surface area (Å²) in [6.07, 6.45) is 1.90. The van der Waals surface area contributed by atoms with E-state index in [1.807, 2.05) is 0 Å². The molecule has 0 aromatic rings. The maximum atomic E-state index is 10.6. The second kappa shape index (κ2) is 4.45. The summed E-state index contributed by atoms with van der Waals surface area (Å²) in [6.45, 7) is 0. The van der Waals surface area contributed by atoms with E-state index >= 15 is 0 Å². The normalized spacial score (nSPS) is 10.5. The van der Waals surface area contributed by atoms with Gasteiger partial charge >= 0.3 is 5.97 Å². The van der Waals surface area contributed by atoms with Crippen molar-refractivity contribution in [3.63, 3.8) is 0 Å². The Kier molecular flexibility index (Phi) is 3.90. The van der Waals surface area contributed by atoms with Crippen LogP contribution in [0.15, 0.2) is 12.2 Å². The first-order valence-electron chi connectivity index (χ1n) is 2.89. The molecule has 0 aromatic carbocycles. The summed E-state index contributed by atoms with van der Waals surface area (Å²) >= 11 is 0. The van der Waals surface area contributed by atoms with Gasteiger partial charge in [0.25, 0.3) is 0 Å². The maximum Gasteiger partial charge on any atom is 0.349 e. The predicted molar refractivity (Wildman–Crippen MR) is 38.1 cm³/mol. The summed E-state index contributed by atoms with van der Waals surface area (Å²) < 4.78 is 0. The first kappa shape index (κ1) is 9.64. The fourth-order valence-electron chi connectivity index (χ4n) is 0.361. The molecule has 5 nitrogen and oxygen atoms in total. The Morgan fingerprint density at radius 3 is 2.27 bits per heavy atom. The van der Waals surface area contributed by atoms with Gasteiger partial charge in [0.05, 0.1) is 0 Å². The van der Waals surface area contributed by atoms with Crippen molar-refractivity contribution >= 4 is 11.9 Å². The summed E-state index contributed by atoms with van der Waals surface area (Å²) in [7, 11) is 3.10. The standard InChI is InChI=1S/C6H10N2O3/c1-8(2)11-6(10)4-3-5(7)9/h3-4H,1-2H3,(H2,7,9)/b4-3-. The molecule has 1 amide bonds. The van der Waals surface area contributed by atoms with Gasteiger partial charge in [0.2, 0.25) is 5.91 Å². The zero-order valence-electron chi connectivity index (χ0n) is 6.40. The highest BCUT2D eigenvalue weighted by Gasteiger charge is 1.98. The SMILES string of the molecule is CN(C)OC(=O)/C=C\C(N)=O. The van der Waals surface area contributed by atoms with Crippen LogP contribution in [0.25, 0.3) is 0 Å². The number of carbonyl (C=O) groups is 2. The molecule has 0 aliphatic rings. The lowest BCUT2D eigenvalue weighted by Gasteiger charge is -2.06. The Bertz CT molecular complexity index is 186. The fraction of sp³-hybridized carbons (Fsp3) is 0.333. The molecule has 0 spiro atoms. The summed E-state index contributed by atoms with van der Waals surface area (Å²) in [5.74, 6) is -1.31. The van der Waals surface area contributed by atoms with Crippen molar-refractivity contribution in [1.82, 2.24) is 5.06 Å². The average molecular weight is 158 g/mol. The highest BCUT2D eigenvalue weighted by molar-refractivity contribution is 5.93. The van der Waals surface area contributed by atoms with E-state index < -0.39 is 11.9 Å². The molecule has 0 bridgehead atoms. The number of carbonyl (C=O) groups excluding carboxylic acids is 2. The molecule has 0 fully saturated rings. The zero-order valence-corrected chi connectivity index (χ0v) is 6.40. The van der Waals surface area contributed by atoms with Crippen LogP contribution < -0.4 is 5.73 Å². The number of nitrogens with two attached hydrogens (primary N) is 1. The molecule has 0 saturated carbocycles. The van der Waals surface area contributed by atoms with E-state index in [1.165, 1.54) is 5.06 Å². The molecule has 0 saturated heterocycles. The molecule has 11 heavy (non-hydrogen) atoms. The zero-order chi connectivity index (χ0) is 8.85. The van der Waals surface area contributed by atoms with E-state index in [0.29, 0.717) is 0 Å². The molecule has 0 heterocycles. The number of hydroxylamine groups is 2. The Balaban J connectivity index is 3.78. The van der Waals surface area contributed by atoms with Gasteiger partial charge in [-0.2, -0.15) is 0 Å². The fourth-order valence-corrected chi connectivity index (χ4v) is 0.361. The van der Waals surface area contributed by atoms with Crippen LogP contribution in [0.2, 0.25) is 0 Å². The number of amides is 1. The number of hydrogen-bond donors (Lipinski definition) is 1. The first-order valence-corrected chi connectivity index (χ1v) is 2.89. The van der Waals surface area contributed by atoms with E-state index in [4.69, 9.17) is 5.73 Å². The lowest BCUT2D eigenvalue weighted by atomic mass is 10.5. The molecule has 0 rings (SSSR count). The van der Waals surface area contributed by atoms with E-state index in [2.05, 4.69) is 4.84 Å². The van der Waals surface area contributed by atoms with E-state index in [0.717, 1.165) is 12.2 Å². The molecular formula is C6H10N2O3. The van der Waals surface area contributed by atoms with Gasteiger partial charge in [-0.1, -0.05) is 0 Å². The number of hydrogen-bond acceptors (Lipinski definition) is 4. The lowest BCUT2D eigenvalue weighted by Crippen LogP contribution is -2.17. The summed E-state index contributed by atoms with van der Waals surface area (Å²) in [6, 6.07) is 0. The van der Waals surface area contributed by atoms with Crippen LogP contribution in [-0.4, -0.2) is 31.0 Å². The van der Waals surface area contributed by atoms with Crippen molar-refractivity contribution in [2.24, 2.45) is 5.73 Å². The van der Waals surface area contributed by atoms with Gasteiger partial charge in [-0.15, -0.1) is 5.06 Å². The van der Waals surface area contributed by atoms with Crippen LogP contribution in [-0.2, 0) is 14.4 Å². The summed E-state index contributed by atoms with van der Waals surface area (Å²) in [5.41, 5.74) is 4.72. The van der Waals surface area contributed by atoms with Gasteiger partial charge < -0.3 is 10.6 Å². The minimum absolute atomic E-state index is 0.631. The Morgan fingerprint density at radius 2 is 1.91 bits per heavy atom. The van der Waals surface area contributed by atoms with E-state index in [9.17, 15) is 9.59 Å². The number of nitrogens with zero attached hydrogens (tertiary/aromatic N) is 1. The molecule has 0 aliphatic carbocycles. The van der Waals surface area contributed by atoms with Crippen LogP contribution >= 0.6 is 0 Å². The predicted octanol–water partition coefficient (Wildman–Crippen LogP) is -0.952. The molecule has 62 valence electrons. The second-order valence-electron chi connectivity index (χ2n) is 1.96. The third-order valence-electron chi connectivity index (χ3n) is 0.656. The monoisotopic (exact) mass is 158 g/mol. The molecule has 0 aromatic heterocycles. The highest BCUT2D eigenvalue weighted by atomic mass is 16.7. The van der Waals surface area contributed by atoms with Crippen LogP contribution in [0.4, 0.5) is 0 Å². The Morgan fingerprint density at radius 1 is 1.36 bits per heavy atom. The minimum Gasteiger partial charge on any atom is -0.366 e. The molecular weight excluding hydrogens is 148 g/mol. The van der Waals surface area contributed by atoms with Crippen LogP contribution in [0.5, 0.6) is 0 Å². The largest absolute Gasteiger partial charge is 0.366 e. The van der Waals surface area contributed by atoms with Crippen LogP contribution in [0.1, 0.15) is 0 Å². The quantitative estimate of drug-likeness (QED) is 0.424. The van der Waals surface area contributed by atoms with Crippen molar-refractivity contribution in [2.45, 2.75) is 0 Å². The minimum atomic E-state index is -0.680. The van der Waals surface area contributed by atoms with Gasteiger partial charge in [-0.3, -0.25) is 4.79 Å². The van der Waals surface area contributed by atoms with Gasteiger partial charge in [0.1, 0.15) is 0 Å². The Hall–Kier alpha value is -1.36. The topological polar surface area (TPSA) is 72.6 Å². The summed E-state index contributed by atoms with van der Waals surface area (Å²) in [5, 5.41) is 1.22. The van der Waals surface area contributed by atoms with Crippen molar-refractivity contribution in [3.05, 3.63) is 12.2 Å². The van der Waals surface area contributed by atoms with Crippen molar-refractivity contribution in [1.29, 1.82) is 0 Å².